The van der Waals surface area contributed by atoms with Crippen molar-refractivity contribution in [1.82, 2.24) is 10.2 Å². The zero-order valence-electron chi connectivity index (χ0n) is 14.5. The van der Waals surface area contributed by atoms with Crippen LogP contribution in [-0.2, 0) is 4.79 Å². The molecule has 1 aromatic carbocycles. The van der Waals surface area contributed by atoms with Crippen LogP contribution in [0.3, 0.4) is 0 Å². The maximum atomic E-state index is 11.9. The quantitative estimate of drug-likeness (QED) is 0.694. The second-order valence-electron chi connectivity index (χ2n) is 7.06. The van der Waals surface area contributed by atoms with E-state index < -0.39 is 0 Å². The van der Waals surface area contributed by atoms with E-state index in [1.807, 2.05) is 0 Å². The van der Waals surface area contributed by atoms with Crippen LogP contribution in [0, 0.1) is 13.8 Å². The average molecular weight is 348 g/mol. The van der Waals surface area contributed by atoms with Crippen LogP contribution in [0.5, 0.6) is 0 Å². The fourth-order valence-corrected chi connectivity index (χ4v) is 3.49. The third kappa shape index (κ3) is 4.92. The molecule has 5 nitrogen and oxygen atoms in total. The summed E-state index contributed by atoms with van der Waals surface area (Å²) in [6.07, 6.45) is 2.29. The molecule has 1 saturated carbocycles. The van der Waals surface area contributed by atoms with Crippen LogP contribution in [0.4, 0.5) is 5.69 Å². The highest BCUT2D eigenvalue weighted by Gasteiger charge is 2.27. The Labute approximate surface area is 149 Å². The lowest BCUT2D eigenvalue weighted by Gasteiger charge is -2.33. The van der Waals surface area contributed by atoms with Crippen molar-refractivity contribution in [3.05, 3.63) is 29.3 Å². The molecule has 3 N–H and O–H groups in total. The first-order valence-corrected chi connectivity index (χ1v) is 9.17. The van der Waals surface area contributed by atoms with Gasteiger partial charge in [-0.3, -0.25) is 4.79 Å². The van der Waals surface area contributed by atoms with Crippen LogP contribution in [0.1, 0.15) is 24.0 Å². The topological polar surface area (TPSA) is 48.8 Å². The number of hydrogen-bond acceptors (Lipinski definition) is 2. The lowest BCUT2D eigenvalue weighted by molar-refractivity contribution is -0.895. The number of carbonyl (C=O) groups is 1. The fraction of sp³-hybridized carbons (Fsp3) is 0.556. The molecule has 0 spiro atoms. The van der Waals surface area contributed by atoms with E-state index in [1.165, 1.54) is 16.0 Å². The lowest BCUT2D eigenvalue weighted by Crippen LogP contribution is -3.15. The second-order valence-corrected chi connectivity index (χ2v) is 7.45. The number of hydrogen-bond donors (Lipinski definition) is 3. The smallest absolute Gasteiger partial charge is 0.275 e. The summed E-state index contributed by atoms with van der Waals surface area (Å²) in [5.41, 5.74) is 3.52. The van der Waals surface area contributed by atoms with Gasteiger partial charge in [-0.2, -0.15) is 0 Å². The molecule has 2 fully saturated rings. The summed E-state index contributed by atoms with van der Waals surface area (Å²) in [6.45, 7) is 8.46. The summed E-state index contributed by atoms with van der Waals surface area (Å²) < 4.78 is 0. The van der Waals surface area contributed by atoms with Gasteiger partial charge in [0.2, 0.25) is 0 Å². The second kappa shape index (κ2) is 7.49. The monoisotopic (exact) mass is 347 g/mol. The minimum absolute atomic E-state index is 0.192. The van der Waals surface area contributed by atoms with Crippen LogP contribution in [0.15, 0.2) is 18.2 Å². The molecule has 3 rings (SSSR count). The highest BCUT2D eigenvalue weighted by molar-refractivity contribution is 7.80. The van der Waals surface area contributed by atoms with Gasteiger partial charge >= 0.3 is 0 Å². The van der Waals surface area contributed by atoms with Crippen LogP contribution >= 0.6 is 12.2 Å². The van der Waals surface area contributed by atoms with Gasteiger partial charge in [0, 0.05) is 11.7 Å². The standard InChI is InChI=1S/C18H26N4OS/c1-13-9-14(2)11-16(10-13)20-18(24)22-7-5-21(6-8-22)12-17(23)19-15-3-4-15/h9-11,15H,3-8,12H2,1-2H3,(H,19,23)(H,20,24)/p+1. The summed E-state index contributed by atoms with van der Waals surface area (Å²) in [4.78, 5) is 15.4. The Hall–Kier alpha value is -1.66. The van der Waals surface area contributed by atoms with Crippen LogP contribution in [0.2, 0.25) is 0 Å². The molecule has 0 bridgehead atoms. The maximum Gasteiger partial charge on any atom is 0.275 e. The first-order valence-electron chi connectivity index (χ1n) is 8.77. The van der Waals surface area contributed by atoms with E-state index in [1.54, 1.807) is 0 Å². The molecule has 24 heavy (non-hydrogen) atoms. The zero-order valence-corrected chi connectivity index (χ0v) is 15.3. The molecule has 0 aromatic heterocycles. The van der Waals surface area contributed by atoms with Gasteiger partial charge < -0.3 is 20.4 Å². The van der Waals surface area contributed by atoms with Crippen LogP contribution < -0.4 is 15.5 Å². The number of nitrogens with one attached hydrogen (secondary N) is 3. The normalized spacial score (nSPS) is 18.3. The molecule has 1 heterocycles. The number of quaternary nitrogens is 1. The molecule has 1 aliphatic carbocycles. The molecule has 130 valence electrons. The van der Waals surface area contributed by atoms with Crippen molar-refractivity contribution in [1.29, 1.82) is 0 Å². The molecule has 1 aliphatic heterocycles. The molecule has 6 heteroatoms. The van der Waals surface area contributed by atoms with Gasteiger partial charge in [-0.15, -0.1) is 0 Å². The highest BCUT2D eigenvalue weighted by Crippen LogP contribution is 2.18. The summed E-state index contributed by atoms with van der Waals surface area (Å²) >= 11 is 5.56. The van der Waals surface area contributed by atoms with E-state index in [9.17, 15) is 4.79 Å². The molecular formula is C18H27N4OS+. The van der Waals surface area contributed by atoms with Crippen molar-refractivity contribution in [2.24, 2.45) is 0 Å². The van der Waals surface area contributed by atoms with Crippen molar-refractivity contribution in [3.63, 3.8) is 0 Å². The Balaban J connectivity index is 1.45. The predicted molar refractivity (Wildman–Crippen MR) is 100 cm³/mol. The fourth-order valence-electron chi connectivity index (χ4n) is 3.19. The largest absolute Gasteiger partial charge is 0.348 e. The first-order chi connectivity index (χ1) is 11.5. The van der Waals surface area contributed by atoms with E-state index in [0.717, 1.165) is 49.8 Å². The molecule has 0 unspecified atom stereocenters. The van der Waals surface area contributed by atoms with E-state index in [2.05, 4.69) is 47.6 Å². The Morgan fingerprint density at radius 2 is 1.83 bits per heavy atom. The van der Waals surface area contributed by atoms with Gasteiger partial charge in [-0.05, 0) is 62.2 Å². The van der Waals surface area contributed by atoms with Gasteiger partial charge in [0.15, 0.2) is 11.7 Å². The molecule has 0 radical (unpaired) electrons. The summed E-state index contributed by atoms with van der Waals surface area (Å²) in [7, 11) is 0. The van der Waals surface area contributed by atoms with E-state index >= 15 is 0 Å². The Bertz CT molecular complexity index is 601. The molecule has 1 saturated heterocycles. The van der Waals surface area contributed by atoms with Gasteiger partial charge in [0.05, 0.1) is 26.2 Å². The zero-order chi connectivity index (χ0) is 17.1. The first kappa shape index (κ1) is 17.2. The molecule has 1 aromatic rings. The predicted octanol–water partition coefficient (Wildman–Crippen LogP) is 0.479. The summed E-state index contributed by atoms with van der Waals surface area (Å²) in [5.74, 6) is 0.192. The molecule has 0 atom stereocenters. The van der Waals surface area contributed by atoms with Crippen molar-refractivity contribution in [2.75, 3.05) is 38.0 Å². The number of amides is 1. The van der Waals surface area contributed by atoms with Crippen molar-refractivity contribution < 1.29 is 9.69 Å². The third-order valence-corrected chi connectivity index (χ3v) is 4.94. The van der Waals surface area contributed by atoms with Gasteiger partial charge in [0.1, 0.15) is 0 Å². The Morgan fingerprint density at radius 1 is 1.21 bits per heavy atom. The Morgan fingerprint density at radius 3 is 2.42 bits per heavy atom. The summed E-state index contributed by atoms with van der Waals surface area (Å²) in [5, 5.41) is 7.20. The van der Waals surface area contributed by atoms with Crippen molar-refractivity contribution in [2.45, 2.75) is 32.7 Å². The number of aryl methyl sites for hydroxylation is 2. The van der Waals surface area contributed by atoms with E-state index in [4.69, 9.17) is 12.2 Å². The number of rotatable bonds is 4. The average Bonchev–Trinajstić information content (AvgIpc) is 3.30. The minimum atomic E-state index is 0.192. The van der Waals surface area contributed by atoms with Crippen molar-refractivity contribution >= 4 is 28.9 Å². The van der Waals surface area contributed by atoms with Crippen LogP contribution in [0.25, 0.3) is 0 Å². The number of thiocarbonyl (C=S) groups is 1. The number of nitrogens with zero attached hydrogens (tertiary/aromatic N) is 1. The van der Waals surface area contributed by atoms with Crippen molar-refractivity contribution in [3.8, 4) is 0 Å². The summed E-state index contributed by atoms with van der Waals surface area (Å²) in [6, 6.07) is 6.84. The van der Waals surface area contributed by atoms with E-state index in [0.29, 0.717) is 12.6 Å². The third-order valence-electron chi connectivity index (χ3n) is 4.58. The molecule has 1 amide bonds. The number of benzene rings is 1. The maximum absolute atomic E-state index is 11.9. The SMILES string of the molecule is Cc1cc(C)cc(NC(=S)N2CC[NH+](CC(=O)NC3CC3)CC2)c1. The van der Waals surface area contributed by atoms with Gasteiger partial charge in [0.25, 0.3) is 5.91 Å². The lowest BCUT2D eigenvalue weighted by atomic mass is 10.1. The highest BCUT2D eigenvalue weighted by atomic mass is 32.1. The van der Waals surface area contributed by atoms with Crippen LogP contribution in [-0.4, -0.2) is 54.7 Å². The number of carbonyl (C=O) groups excluding carboxylic acids is 1. The minimum Gasteiger partial charge on any atom is -0.348 e. The number of piperazine rings is 1. The van der Waals surface area contributed by atoms with E-state index in [-0.39, 0.29) is 5.91 Å². The molecular weight excluding hydrogens is 320 g/mol. The molecule has 2 aliphatic rings. The van der Waals surface area contributed by atoms with Gasteiger partial charge in [-0.1, -0.05) is 6.07 Å². The van der Waals surface area contributed by atoms with Gasteiger partial charge in [-0.25, -0.2) is 0 Å². The number of anilines is 1. The Kier molecular flexibility index (Phi) is 5.36.